The lowest BCUT2D eigenvalue weighted by Crippen LogP contribution is -2.33. The highest BCUT2D eigenvalue weighted by Gasteiger charge is 2.12. The van der Waals surface area contributed by atoms with Crippen LogP contribution < -0.4 is 5.32 Å². The van der Waals surface area contributed by atoms with Crippen LogP contribution in [0, 0.1) is 0 Å². The predicted octanol–water partition coefficient (Wildman–Crippen LogP) is 1.78. The lowest BCUT2D eigenvalue weighted by Gasteiger charge is -2.12. The maximum absolute atomic E-state index is 11.8. The van der Waals surface area contributed by atoms with E-state index in [1.807, 2.05) is 0 Å². The summed E-state index contributed by atoms with van der Waals surface area (Å²) in [7, 11) is -3.20. The first-order chi connectivity index (χ1) is 10.7. The number of nitrogens with one attached hydrogen (secondary N) is 1. The lowest BCUT2D eigenvalue weighted by atomic mass is 10.1. The number of carboxylic acids is 1. The highest BCUT2D eigenvalue weighted by molar-refractivity contribution is 7.91. The van der Waals surface area contributed by atoms with E-state index in [1.165, 1.54) is 0 Å². The Morgan fingerprint density at radius 2 is 1.78 bits per heavy atom. The Kier molecular flexibility index (Phi) is 7.22. The van der Waals surface area contributed by atoms with Crippen molar-refractivity contribution in [3.63, 3.8) is 0 Å². The number of carbonyl (C=O) groups excluding carboxylic acids is 1. The third-order valence-corrected chi connectivity index (χ3v) is 5.25. The molecule has 0 bridgehead atoms. The molecule has 0 saturated heterocycles. The third-order valence-electron chi connectivity index (χ3n) is 3.50. The first-order valence-corrected chi connectivity index (χ1v) is 9.22. The average Bonchev–Trinajstić information content (AvgIpc) is 2.51. The van der Waals surface area contributed by atoms with E-state index in [4.69, 9.17) is 5.11 Å². The standard InChI is InChI=1S/C16H23NO5S/c1-3-23(21,22)14-8-5-13(6-9-14)7-10-15(18)17-12(2)4-11-16(19)20/h5-6,8-9,12H,3-4,7,10-11H2,1-2H3,(H,17,18)(H,19,20). The van der Waals surface area contributed by atoms with E-state index in [-0.39, 0.29) is 35.4 Å². The lowest BCUT2D eigenvalue weighted by molar-refractivity contribution is -0.137. The molecule has 0 aliphatic heterocycles. The number of carbonyl (C=O) groups is 2. The topological polar surface area (TPSA) is 101 Å². The maximum atomic E-state index is 11.8. The SMILES string of the molecule is CCS(=O)(=O)c1ccc(CCC(=O)NC(C)CCC(=O)O)cc1. The van der Waals surface area contributed by atoms with Crippen LogP contribution in [0.5, 0.6) is 0 Å². The van der Waals surface area contributed by atoms with Crippen LogP contribution in [-0.4, -0.2) is 37.2 Å². The summed E-state index contributed by atoms with van der Waals surface area (Å²) in [5.74, 6) is -0.968. The summed E-state index contributed by atoms with van der Waals surface area (Å²) in [4.78, 5) is 22.5. The molecular weight excluding hydrogens is 318 g/mol. The van der Waals surface area contributed by atoms with Gasteiger partial charge in [-0.05, 0) is 37.5 Å². The molecular formula is C16H23NO5S. The Hall–Kier alpha value is -1.89. The molecule has 1 aromatic rings. The molecule has 0 saturated carbocycles. The van der Waals surface area contributed by atoms with E-state index in [2.05, 4.69) is 5.32 Å². The Labute approximate surface area is 136 Å². The van der Waals surface area contributed by atoms with Gasteiger partial charge in [-0.25, -0.2) is 8.42 Å². The summed E-state index contributed by atoms with van der Waals surface area (Å²) >= 11 is 0. The van der Waals surface area contributed by atoms with Crippen LogP contribution >= 0.6 is 0 Å². The minimum atomic E-state index is -3.20. The number of aliphatic carboxylic acids is 1. The molecule has 1 aromatic carbocycles. The van der Waals surface area contributed by atoms with Crippen LogP contribution in [0.3, 0.4) is 0 Å². The fraction of sp³-hybridized carbons (Fsp3) is 0.500. The van der Waals surface area contributed by atoms with Gasteiger partial charge in [0, 0.05) is 18.9 Å². The van der Waals surface area contributed by atoms with E-state index in [0.717, 1.165) is 5.56 Å². The highest BCUT2D eigenvalue weighted by Crippen LogP contribution is 2.13. The van der Waals surface area contributed by atoms with Crippen molar-refractivity contribution in [2.75, 3.05) is 5.75 Å². The fourth-order valence-electron chi connectivity index (χ4n) is 2.05. The first kappa shape index (κ1) is 19.2. The van der Waals surface area contributed by atoms with E-state index in [9.17, 15) is 18.0 Å². The molecule has 1 atom stereocenters. The molecule has 23 heavy (non-hydrogen) atoms. The average molecular weight is 341 g/mol. The van der Waals surface area contributed by atoms with Crippen LogP contribution in [0.4, 0.5) is 0 Å². The van der Waals surface area contributed by atoms with Crippen LogP contribution in [0.1, 0.15) is 38.7 Å². The molecule has 1 unspecified atom stereocenters. The Bertz CT molecular complexity index is 637. The van der Waals surface area contributed by atoms with Crippen LogP contribution in [-0.2, 0) is 25.8 Å². The molecule has 0 radical (unpaired) electrons. The fourth-order valence-corrected chi connectivity index (χ4v) is 2.93. The van der Waals surface area contributed by atoms with Gasteiger partial charge in [-0.3, -0.25) is 9.59 Å². The van der Waals surface area contributed by atoms with E-state index >= 15 is 0 Å². The summed E-state index contributed by atoms with van der Waals surface area (Å²) in [5, 5.41) is 11.3. The quantitative estimate of drug-likeness (QED) is 0.713. The Morgan fingerprint density at radius 3 is 2.30 bits per heavy atom. The number of rotatable bonds is 9. The number of amides is 1. The van der Waals surface area contributed by atoms with Crippen LogP contribution in [0.25, 0.3) is 0 Å². The van der Waals surface area contributed by atoms with Crippen LogP contribution in [0.15, 0.2) is 29.2 Å². The molecule has 0 fully saturated rings. The minimum absolute atomic E-state index is 0.0226. The number of sulfone groups is 1. The van der Waals surface area contributed by atoms with Crippen molar-refractivity contribution < 1.29 is 23.1 Å². The normalized spacial score (nSPS) is 12.6. The van der Waals surface area contributed by atoms with Crippen molar-refractivity contribution in [3.05, 3.63) is 29.8 Å². The molecule has 1 rings (SSSR count). The molecule has 0 aliphatic carbocycles. The summed E-state index contributed by atoms with van der Waals surface area (Å²) in [6, 6.07) is 6.35. The zero-order valence-corrected chi connectivity index (χ0v) is 14.2. The summed E-state index contributed by atoms with van der Waals surface area (Å²) < 4.78 is 23.4. The number of hydrogen-bond donors (Lipinski definition) is 2. The zero-order valence-electron chi connectivity index (χ0n) is 13.4. The van der Waals surface area contributed by atoms with Crippen LogP contribution in [0.2, 0.25) is 0 Å². The molecule has 0 spiro atoms. The summed E-state index contributed by atoms with van der Waals surface area (Å²) in [6.07, 6.45) is 1.20. The van der Waals surface area contributed by atoms with Gasteiger partial charge >= 0.3 is 5.97 Å². The third kappa shape index (κ3) is 6.81. The monoisotopic (exact) mass is 341 g/mol. The van der Waals surface area contributed by atoms with Gasteiger partial charge in [-0.2, -0.15) is 0 Å². The largest absolute Gasteiger partial charge is 0.481 e. The molecule has 7 heteroatoms. The molecule has 0 aromatic heterocycles. The first-order valence-electron chi connectivity index (χ1n) is 7.57. The second-order valence-electron chi connectivity index (χ2n) is 5.45. The highest BCUT2D eigenvalue weighted by atomic mass is 32.2. The van der Waals surface area contributed by atoms with Gasteiger partial charge < -0.3 is 10.4 Å². The van der Waals surface area contributed by atoms with E-state index in [0.29, 0.717) is 12.8 Å². The number of carboxylic acid groups (broad SMARTS) is 1. The van der Waals surface area contributed by atoms with Gasteiger partial charge in [0.05, 0.1) is 10.6 Å². The van der Waals surface area contributed by atoms with Crippen molar-refractivity contribution in [2.45, 2.75) is 50.5 Å². The van der Waals surface area contributed by atoms with Gasteiger partial charge in [0.25, 0.3) is 0 Å². The number of benzene rings is 1. The zero-order chi connectivity index (χ0) is 17.5. The van der Waals surface area contributed by atoms with Crippen molar-refractivity contribution in [1.29, 1.82) is 0 Å². The van der Waals surface area contributed by atoms with Crippen molar-refractivity contribution in [1.82, 2.24) is 5.32 Å². The Balaban J connectivity index is 2.46. The van der Waals surface area contributed by atoms with E-state index in [1.54, 1.807) is 38.1 Å². The molecule has 6 nitrogen and oxygen atoms in total. The second-order valence-corrected chi connectivity index (χ2v) is 7.73. The minimum Gasteiger partial charge on any atom is -0.481 e. The second kappa shape index (κ2) is 8.67. The molecule has 0 aliphatic rings. The summed E-state index contributed by atoms with van der Waals surface area (Å²) in [6.45, 7) is 3.37. The van der Waals surface area contributed by atoms with Gasteiger partial charge in [0.15, 0.2) is 9.84 Å². The van der Waals surface area contributed by atoms with E-state index < -0.39 is 15.8 Å². The maximum Gasteiger partial charge on any atom is 0.303 e. The number of aryl methyl sites for hydroxylation is 1. The van der Waals surface area contributed by atoms with Crippen molar-refractivity contribution >= 4 is 21.7 Å². The van der Waals surface area contributed by atoms with Crippen molar-refractivity contribution in [2.24, 2.45) is 0 Å². The van der Waals surface area contributed by atoms with Gasteiger partial charge in [-0.15, -0.1) is 0 Å². The van der Waals surface area contributed by atoms with Crippen molar-refractivity contribution in [3.8, 4) is 0 Å². The van der Waals surface area contributed by atoms with Gasteiger partial charge in [-0.1, -0.05) is 19.1 Å². The predicted molar refractivity (Wildman–Crippen MR) is 87.0 cm³/mol. The summed E-state index contributed by atoms with van der Waals surface area (Å²) in [5.41, 5.74) is 0.883. The van der Waals surface area contributed by atoms with Gasteiger partial charge in [0.1, 0.15) is 0 Å². The molecule has 2 N–H and O–H groups in total. The molecule has 128 valence electrons. The molecule has 1 amide bonds. The van der Waals surface area contributed by atoms with Gasteiger partial charge in [0.2, 0.25) is 5.91 Å². The Morgan fingerprint density at radius 1 is 1.17 bits per heavy atom. The smallest absolute Gasteiger partial charge is 0.303 e. The molecule has 0 heterocycles. The number of hydrogen-bond acceptors (Lipinski definition) is 4.